The fourth-order valence-electron chi connectivity index (χ4n) is 2.43. The van der Waals surface area contributed by atoms with E-state index in [2.05, 4.69) is 6.58 Å². The van der Waals surface area contributed by atoms with Crippen molar-refractivity contribution in [3.05, 3.63) is 12.3 Å². The maximum absolute atomic E-state index is 11.2. The van der Waals surface area contributed by atoms with Crippen LogP contribution in [-0.4, -0.2) is 25.0 Å². The molecule has 0 radical (unpaired) electrons. The fraction of sp³-hybridized carbons (Fsp3) is 0.727. The lowest BCUT2D eigenvalue weighted by molar-refractivity contribution is -0.00824. The number of carbonyl (C=O) groups is 1. The first-order valence-corrected chi connectivity index (χ1v) is 5.30. The summed E-state index contributed by atoms with van der Waals surface area (Å²) in [7, 11) is 1.53. The zero-order valence-corrected chi connectivity index (χ0v) is 8.95. The number of cyclic esters (lactones) is 1. The molecule has 0 aromatic carbocycles. The maximum Gasteiger partial charge on any atom is 0.509 e. The number of rotatable bonds is 2. The summed E-state index contributed by atoms with van der Waals surface area (Å²) in [5.74, 6) is 0.475. The van der Waals surface area contributed by atoms with E-state index in [0.29, 0.717) is 5.76 Å². The number of hydrogen-bond donors (Lipinski definition) is 0. The highest BCUT2D eigenvalue weighted by atomic mass is 16.8. The highest BCUT2D eigenvalue weighted by Gasteiger charge is 2.53. The van der Waals surface area contributed by atoms with E-state index < -0.39 is 17.9 Å². The summed E-state index contributed by atoms with van der Waals surface area (Å²) in [5.41, 5.74) is -0.511. The summed E-state index contributed by atoms with van der Waals surface area (Å²) in [4.78, 5) is 11.2. The molecule has 4 nitrogen and oxygen atoms in total. The third kappa shape index (κ3) is 1.68. The lowest BCUT2D eigenvalue weighted by atomic mass is 9.80. The molecule has 1 heterocycles. The van der Waals surface area contributed by atoms with Gasteiger partial charge >= 0.3 is 6.16 Å². The lowest BCUT2D eigenvalue weighted by Gasteiger charge is -2.34. The smallest absolute Gasteiger partial charge is 0.498 e. The molecule has 1 unspecified atom stereocenters. The number of methoxy groups -OCH3 is 1. The van der Waals surface area contributed by atoms with Crippen molar-refractivity contribution in [2.75, 3.05) is 7.11 Å². The average molecular weight is 212 g/mol. The predicted octanol–water partition coefficient (Wildman–Crippen LogP) is 2.38. The van der Waals surface area contributed by atoms with Crippen molar-refractivity contribution in [2.24, 2.45) is 0 Å². The van der Waals surface area contributed by atoms with Gasteiger partial charge in [-0.15, -0.1) is 0 Å². The lowest BCUT2D eigenvalue weighted by Crippen LogP contribution is -2.42. The van der Waals surface area contributed by atoms with Crippen molar-refractivity contribution in [3.63, 3.8) is 0 Å². The summed E-state index contributed by atoms with van der Waals surface area (Å²) in [6.45, 7) is 3.76. The van der Waals surface area contributed by atoms with Gasteiger partial charge in [-0.3, -0.25) is 0 Å². The van der Waals surface area contributed by atoms with Crippen LogP contribution in [-0.2, 0) is 14.2 Å². The molecular formula is C11H16O4. The molecule has 4 heteroatoms. The van der Waals surface area contributed by atoms with Gasteiger partial charge < -0.3 is 14.2 Å². The minimum absolute atomic E-state index is 0.435. The molecule has 1 aliphatic heterocycles. The van der Waals surface area contributed by atoms with Crippen LogP contribution >= 0.6 is 0 Å². The van der Waals surface area contributed by atoms with Crippen molar-refractivity contribution in [1.82, 2.24) is 0 Å². The van der Waals surface area contributed by atoms with Crippen LogP contribution in [0.4, 0.5) is 4.79 Å². The molecular weight excluding hydrogens is 196 g/mol. The van der Waals surface area contributed by atoms with Gasteiger partial charge in [-0.25, -0.2) is 4.79 Å². The fourth-order valence-corrected chi connectivity index (χ4v) is 2.43. The summed E-state index contributed by atoms with van der Waals surface area (Å²) >= 11 is 0. The molecule has 0 aromatic heterocycles. The topological polar surface area (TPSA) is 44.8 Å². The molecule has 0 aromatic rings. The van der Waals surface area contributed by atoms with E-state index in [0.717, 1.165) is 25.7 Å². The number of ether oxygens (including phenoxy) is 3. The molecule has 0 N–H and O–H groups in total. The predicted molar refractivity (Wildman–Crippen MR) is 53.3 cm³/mol. The zero-order valence-electron chi connectivity index (χ0n) is 8.95. The molecule has 2 rings (SSSR count). The van der Waals surface area contributed by atoms with Gasteiger partial charge in [0.25, 0.3) is 0 Å². The second kappa shape index (κ2) is 3.76. The molecule has 1 spiro atoms. The minimum Gasteiger partial charge on any atom is -0.498 e. The zero-order chi connectivity index (χ0) is 10.9. The molecule has 1 aliphatic carbocycles. The van der Waals surface area contributed by atoms with Crippen LogP contribution in [0, 0.1) is 0 Å². The first-order chi connectivity index (χ1) is 7.18. The average Bonchev–Trinajstić information content (AvgIpc) is 2.55. The Balaban J connectivity index is 2.19. The van der Waals surface area contributed by atoms with Crippen molar-refractivity contribution < 1.29 is 19.0 Å². The van der Waals surface area contributed by atoms with Gasteiger partial charge in [-0.05, 0) is 25.7 Å². The Morgan fingerprint density at radius 1 is 1.47 bits per heavy atom. The molecule has 1 saturated carbocycles. The van der Waals surface area contributed by atoms with Gasteiger partial charge in [0.2, 0.25) is 6.10 Å². The Labute approximate surface area is 89.2 Å². The van der Waals surface area contributed by atoms with E-state index in [9.17, 15) is 4.79 Å². The van der Waals surface area contributed by atoms with Crippen molar-refractivity contribution in [2.45, 2.75) is 43.8 Å². The summed E-state index contributed by atoms with van der Waals surface area (Å²) in [5, 5.41) is 0. The van der Waals surface area contributed by atoms with E-state index >= 15 is 0 Å². The Morgan fingerprint density at radius 2 is 2.13 bits per heavy atom. The van der Waals surface area contributed by atoms with Gasteiger partial charge in [-0.2, -0.15) is 0 Å². The van der Waals surface area contributed by atoms with Crippen molar-refractivity contribution >= 4 is 6.16 Å². The Morgan fingerprint density at radius 3 is 2.73 bits per heavy atom. The summed E-state index contributed by atoms with van der Waals surface area (Å²) in [6, 6.07) is 0. The van der Waals surface area contributed by atoms with Gasteiger partial charge in [0.05, 0.1) is 7.11 Å². The minimum atomic E-state index is -0.597. The maximum atomic E-state index is 11.2. The van der Waals surface area contributed by atoms with Crippen molar-refractivity contribution in [3.8, 4) is 0 Å². The first kappa shape index (κ1) is 10.3. The van der Waals surface area contributed by atoms with E-state index in [-0.39, 0.29) is 0 Å². The molecule has 1 saturated heterocycles. The highest BCUT2D eigenvalue weighted by Crippen LogP contribution is 2.42. The molecule has 0 bridgehead atoms. The SMILES string of the molecule is C=C(OC)C1OC(=O)OC12CCCCC2. The van der Waals surface area contributed by atoms with Gasteiger partial charge in [0, 0.05) is 0 Å². The second-order valence-electron chi connectivity index (χ2n) is 4.15. The molecule has 84 valence electrons. The van der Waals surface area contributed by atoms with Crippen LogP contribution in [0.15, 0.2) is 12.3 Å². The first-order valence-electron chi connectivity index (χ1n) is 5.30. The van der Waals surface area contributed by atoms with Crippen LogP contribution in [0.1, 0.15) is 32.1 Å². The van der Waals surface area contributed by atoms with E-state index in [1.165, 1.54) is 13.5 Å². The Kier molecular flexibility index (Phi) is 2.59. The highest BCUT2D eigenvalue weighted by molar-refractivity contribution is 5.64. The standard InChI is InChI=1S/C11H16O4/c1-8(13-2)9-11(15-10(12)14-9)6-4-3-5-7-11/h9H,1,3-7H2,2H3. The van der Waals surface area contributed by atoms with Gasteiger partial charge in [0.1, 0.15) is 5.76 Å². The number of hydrogen-bond acceptors (Lipinski definition) is 4. The molecule has 2 aliphatic rings. The normalized spacial score (nSPS) is 28.3. The van der Waals surface area contributed by atoms with Crippen LogP contribution in [0.5, 0.6) is 0 Å². The van der Waals surface area contributed by atoms with E-state index in [1.54, 1.807) is 0 Å². The third-order valence-corrected chi connectivity index (χ3v) is 3.23. The molecule has 0 amide bonds. The Bertz CT molecular complexity index is 278. The van der Waals surface area contributed by atoms with Gasteiger partial charge in [-0.1, -0.05) is 13.0 Å². The largest absolute Gasteiger partial charge is 0.509 e. The van der Waals surface area contributed by atoms with Crippen molar-refractivity contribution in [1.29, 1.82) is 0 Å². The van der Waals surface area contributed by atoms with Crippen LogP contribution in [0.2, 0.25) is 0 Å². The Hall–Kier alpha value is -1.19. The van der Waals surface area contributed by atoms with E-state index in [4.69, 9.17) is 14.2 Å². The molecule has 2 fully saturated rings. The van der Waals surface area contributed by atoms with Crippen LogP contribution in [0.3, 0.4) is 0 Å². The summed E-state index contributed by atoms with van der Waals surface area (Å²) < 4.78 is 15.5. The van der Waals surface area contributed by atoms with Crippen LogP contribution < -0.4 is 0 Å². The quantitative estimate of drug-likeness (QED) is 0.520. The van der Waals surface area contributed by atoms with E-state index in [1.807, 2.05) is 0 Å². The molecule has 1 atom stereocenters. The third-order valence-electron chi connectivity index (χ3n) is 3.23. The molecule has 15 heavy (non-hydrogen) atoms. The number of carbonyl (C=O) groups excluding carboxylic acids is 1. The summed E-state index contributed by atoms with van der Waals surface area (Å²) in [6.07, 6.45) is 3.95. The second-order valence-corrected chi connectivity index (χ2v) is 4.15. The van der Waals surface area contributed by atoms with Gasteiger partial charge in [0.15, 0.2) is 5.60 Å². The monoisotopic (exact) mass is 212 g/mol. The van der Waals surface area contributed by atoms with Crippen LogP contribution in [0.25, 0.3) is 0 Å².